The van der Waals surface area contributed by atoms with Gasteiger partial charge in [-0.2, -0.15) is 0 Å². The maximum Gasteiger partial charge on any atom is 0.336 e. The fraction of sp³-hybridized carbons (Fsp3) is 0.444. The maximum atomic E-state index is 12.3. The fourth-order valence-corrected chi connectivity index (χ4v) is 3.01. The molecule has 0 N–H and O–H groups in total. The van der Waals surface area contributed by atoms with Gasteiger partial charge >= 0.3 is 5.63 Å². The van der Waals surface area contributed by atoms with Crippen molar-refractivity contribution in [2.45, 2.75) is 33.0 Å². The van der Waals surface area contributed by atoms with Gasteiger partial charge < -0.3 is 18.8 Å². The number of nitrogens with zero attached hydrogens (tertiary/aromatic N) is 1. The molecule has 2 atom stereocenters. The van der Waals surface area contributed by atoms with E-state index in [1.54, 1.807) is 17.0 Å². The summed E-state index contributed by atoms with van der Waals surface area (Å²) in [5.41, 5.74) is 0.906. The summed E-state index contributed by atoms with van der Waals surface area (Å²) in [5, 5.41) is 0.851. The van der Waals surface area contributed by atoms with E-state index in [9.17, 15) is 9.59 Å². The molecule has 1 saturated heterocycles. The van der Waals surface area contributed by atoms with Crippen LogP contribution in [0.25, 0.3) is 11.0 Å². The molecule has 0 spiro atoms. The molecule has 6 heteroatoms. The number of hydrogen-bond donors (Lipinski definition) is 0. The summed E-state index contributed by atoms with van der Waals surface area (Å²) in [6.07, 6.45) is 0.0474. The fourth-order valence-electron chi connectivity index (χ4n) is 3.01. The second-order valence-electron chi connectivity index (χ2n) is 6.25. The highest BCUT2D eigenvalue weighted by Crippen LogP contribution is 2.22. The minimum Gasteiger partial charge on any atom is -0.484 e. The molecule has 1 fully saturated rings. The Morgan fingerprint density at radius 3 is 2.67 bits per heavy atom. The SMILES string of the molecule is Cc1cc(=O)oc2cc(OCC(=O)N3C[C@@H](C)O[C@H](C)C3)ccc12. The first kappa shape index (κ1) is 16.5. The van der Waals surface area contributed by atoms with E-state index in [0.717, 1.165) is 10.9 Å². The third-order valence-corrected chi connectivity index (χ3v) is 4.06. The Labute approximate surface area is 140 Å². The molecule has 0 saturated carbocycles. The van der Waals surface area contributed by atoms with Crippen molar-refractivity contribution in [3.8, 4) is 5.75 Å². The van der Waals surface area contributed by atoms with E-state index in [4.69, 9.17) is 13.9 Å². The average molecular weight is 331 g/mol. The topological polar surface area (TPSA) is 69.0 Å². The minimum atomic E-state index is -0.399. The summed E-state index contributed by atoms with van der Waals surface area (Å²) in [6.45, 7) is 6.83. The molecule has 1 aromatic heterocycles. The molecule has 2 heterocycles. The molecule has 1 aromatic carbocycles. The number of benzene rings is 1. The summed E-state index contributed by atoms with van der Waals surface area (Å²) >= 11 is 0. The number of hydrogen-bond acceptors (Lipinski definition) is 5. The van der Waals surface area contributed by atoms with Crippen molar-refractivity contribution in [2.75, 3.05) is 19.7 Å². The van der Waals surface area contributed by atoms with Crippen LogP contribution in [0.15, 0.2) is 33.5 Å². The Morgan fingerprint density at radius 2 is 1.96 bits per heavy atom. The van der Waals surface area contributed by atoms with Crippen LogP contribution in [-0.2, 0) is 9.53 Å². The van der Waals surface area contributed by atoms with Gasteiger partial charge in [0.05, 0.1) is 12.2 Å². The Morgan fingerprint density at radius 1 is 1.25 bits per heavy atom. The number of amides is 1. The molecule has 3 rings (SSSR count). The van der Waals surface area contributed by atoms with Gasteiger partial charge in [-0.05, 0) is 38.5 Å². The van der Waals surface area contributed by atoms with Crippen molar-refractivity contribution in [1.82, 2.24) is 4.90 Å². The number of carbonyl (C=O) groups is 1. The van der Waals surface area contributed by atoms with Crippen LogP contribution in [-0.4, -0.2) is 42.7 Å². The van der Waals surface area contributed by atoms with Crippen molar-refractivity contribution >= 4 is 16.9 Å². The monoisotopic (exact) mass is 331 g/mol. The number of carbonyl (C=O) groups excluding carboxylic acids is 1. The molecule has 1 amide bonds. The first-order valence-corrected chi connectivity index (χ1v) is 8.03. The molecule has 0 bridgehead atoms. The van der Waals surface area contributed by atoms with Crippen LogP contribution in [0.5, 0.6) is 5.75 Å². The van der Waals surface area contributed by atoms with Crippen LogP contribution in [0.2, 0.25) is 0 Å². The van der Waals surface area contributed by atoms with Gasteiger partial charge in [-0.25, -0.2) is 4.79 Å². The van der Waals surface area contributed by atoms with E-state index in [0.29, 0.717) is 24.4 Å². The van der Waals surface area contributed by atoms with Gasteiger partial charge in [-0.15, -0.1) is 0 Å². The quantitative estimate of drug-likeness (QED) is 0.806. The standard InChI is InChI=1S/C18H21NO5/c1-11-6-18(21)24-16-7-14(4-5-15(11)16)22-10-17(20)19-8-12(2)23-13(3)9-19/h4-7,12-13H,8-10H2,1-3H3/t12-,13-/m1/s1. The molecule has 0 unspecified atom stereocenters. The molecule has 0 aliphatic carbocycles. The van der Waals surface area contributed by atoms with Gasteiger partial charge in [-0.3, -0.25) is 4.79 Å². The van der Waals surface area contributed by atoms with E-state index in [2.05, 4.69) is 0 Å². The van der Waals surface area contributed by atoms with E-state index >= 15 is 0 Å². The summed E-state index contributed by atoms with van der Waals surface area (Å²) in [7, 11) is 0. The first-order chi connectivity index (χ1) is 11.4. The highest BCUT2D eigenvalue weighted by atomic mass is 16.5. The number of ether oxygens (including phenoxy) is 2. The lowest BCUT2D eigenvalue weighted by molar-refractivity contribution is -0.145. The van der Waals surface area contributed by atoms with E-state index in [1.165, 1.54) is 6.07 Å². The molecular formula is C18H21NO5. The second kappa shape index (κ2) is 6.65. The predicted octanol–water partition coefficient (Wildman–Crippen LogP) is 2.12. The lowest BCUT2D eigenvalue weighted by Gasteiger charge is -2.35. The third-order valence-electron chi connectivity index (χ3n) is 4.06. The van der Waals surface area contributed by atoms with Crippen LogP contribution in [0.1, 0.15) is 19.4 Å². The van der Waals surface area contributed by atoms with Crippen LogP contribution >= 0.6 is 0 Å². The molecule has 1 aliphatic heterocycles. The van der Waals surface area contributed by atoms with E-state index < -0.39 is 5.63 Å². The van der Waals surface area contributed by atoms with E-state index in [1.807, 2.05) is 26.8 Å². The van der Waals surface area contributed by atoms with Gasteiger partial charge in [0.1, 0.15) is 11.3 Å². The Hall–Kier alpha value is -2.34. The largest absolute Gasteiger partial charge is 0.484 e. The summed E-state index contributed by atoms with van der Waals surface area (Å²) < 4.78 is 16.4. The summed E-state index contributed by atoms with van der Waals surface area (Å²) in [4.78, 5) is 25.5. The van der Waals surface area contributed by atoms with Crippen molar-refractivity contribution < 1.29 is 18.7 Å². The lowest BCUT2D eigenvalue weighted by Crippen LogP contribution is -2.49. The van der Waals surface area contributed by atoms with Crippen molar-refractivity contribution in [3.63, 3.8) is 0 Å². The first-order valence-electron chi connectivity index (χ1n) is 8.03. The zero-order valence-electron chi connectivity index (χ0n) is 14.1. The summed E-state index contributed by atoms with van der Waals surface area (Å²) in [5.74, 6) is 0.418. The van der Waals surface area contributed by atoms with Crippen molar-refractivity contribution in [2.24, 2.45) is 0 Å². The highest BCUT2D eigenvalue weighted by Gasteiger charge is 2.26. The van der Waals surface area contributed by atoms with Gasteiger partial charge in [0.15, 0.2) is 6.61 Å². The average Bonchev–Trinajstić information content (AvgIpc) is 2.51. The number of aryl methyl sites for hydroxylation is 1. The van der Waals surface area contributed by atoms with Gasteiger partial charge in [0.25, 0.3) is 5.91 Å². The lowest BCUT2D eigenvalue weighted by atomic mass is 10.1. The minimum absolute atomic E-state index is 0.0237. The molecule has 6 nitrogen and oxygen atoms in total. The molecule has 2 aromatic rings. The van der Waals surface area contributed by atoms with Gasteiger partial charge in [0.2, 0.25) is 0 Å². The maximum absolute atomic E-state index is 12.3. The predicted molar refractivity (Wildman–Crippen MR) is 89.3 cm³/mol. The molecule has 1 aliphatic rings. The van der Waals surface area contributed by atoms with Crippen molar-refractivity contribution in [1.29, 1.82) is 0 Å². The number of rotatable bonds is 3. The molecular weight excluding hydrogens is 310 g/mol. The van der Waals surface area contributed by atoms with Crippen LogP contribution in [0, 0.1) is 6.92 Å². The summed E-state index contributed by atoms with van der Waals surface area (Å²) in [6, 6.07) is 6.69. The molecule has 128 valence electrons. The molecule has 0 radical (unpaired) electrons. The van der Waals surface area contributed by atoms with Crippen molar-refractivity contribution in [3.05, 3.63) is 40.2 Å². The van der Waals surface area contributed by atoms with Crippen LogP contribution in [0.3, 0.4) is 0 Å². The second-order valence-corrected chi connectivity index (χ2v) is 6.25. The van der Waals surface area contributed by atoms with Crippen LogP contribution in [0.4, 0.5) is 0 Å². The Balaban J connectivity index is 1.69. The third kappa shape index (κ3) is 3.59. The Bertz CT molecular complexity index is 803. The molecule has 24 heavy (non-hydrogen) atoms. The highest BCUT2D eigenvalue weighted by molar-refractivity contribution is 5.81. The zero-order valence-corrected chi connectivity index (χ0v) is 14.1. The smallest absolute Gasteiger partial charge is 0.336 e. The van der Waals surface area contributed by atoms with Crippen LogP contribution < -0.4 is 10.4 Å². The van der Waals surface area contributed by atoms with E-state index in [-0.39, 0.29) is 24.7 Å². The Kier molecular flexibility index (Phi) is 4.57. The van der Waals surface area contributed by atoms with Gasteiger partial charge in [0, 0.05) is 30.6 Å². The zero-order chi connectivity index (χ0) is 17.3. The number of fused-ring (bicyclic) bond motifs is 1. The van der Waals surface area contributed by atoms with Gasteiger partial charge in [-0.1, -0.05) is 0 Å². The normalized spacial score (nSPS) is 21.0. The number of morpholine rings is 1.